The number of hydrogen-bond acceptors (Lipinski definition) is 2. The highest BCUT2D eigenvalue weighted by atomic mass is 16.5. The van der Waals surface area contributed by atoms with Crippen molar-refractivity contribution in [3.8, 4) is 0 Å². The van der Waals surface area contributed by atoms with Crippen molar-refractivity contribution in [1.82, 2.24) is 5.32 Å². The minimum Gasteiger partial charge on any atom is -0.380 e. The second kappa shape index (κ2) is 12.4. The van der Waals surface area contributed by atoms with Crippen LogP contribution in [0.2, 0.25) is 0 Å². The molecule has 0 bridgehead atoms. The Balaban J connectivity index is 3.11. The number of hydrogen-bond donors (Lipinski definition) is 1. The summed E-state index contributed by atoms with van der Waals surface area (Å²) in [4.78, 5) is 0. The van der Waals surface area contributed by atoms with Crippen molar-refractivity contribution in [1.29, 1.82) is 0 Å². The van der Waals surface area contributed by atoms with E-state index in [1.807, 2.05) is 0 Å². The summed E-state index contributed by atoms with van der Waals surface area (Å²) in [6, 6.07) is 0.626. The monoisotopic (exact) mass is 243 g/mol. The molecule has 0 spiro atoms. The fourth-order valence-electron chi connectivity index (χ4n) is 1.80. The van der Waals surface area contributed by atoms with Gasteiger partial charge >= 0.3 is 0 Å². The minimum atomic E-state index is 0.626. The van der Waals surface area contributed by atoms with Crippen LogP contribution in [0.5, 0.6) is 0 Å². The molecule has 0 fully saturated rings. The smallest absolute Gasteiger partial charge is 0.0590 e. The summed E-state index contributed by atoms with van der Waals surface area (Å²) >= 11 is 0. The molecule has 0 amide bonds. The van der Waals surface area contributed by atoms with Crippen LogP contribution in [0.25, 0.3) is 0 Å². The lowest BCUT2D eigenvalue weighted by Gasteiger charge is -2.15. The maximum Gasteiger partial charge on any atom is 0.0590 e. The average molecular weight is 243 g/mol. The Morgan fingerprint density at radius 2 is 1.71 bits per heavy atom. The van der Waals surface area contributed by atoms with Crippen LogP contribution in [0.3, 0.4) is 0 Å². The van der Waals surface area contributed by atoms with Gasteiger partial charge in [0.25, 0.3) is 0 Å². The lowest BCUT2D eigenvalue weighted by Crippen LogP contribution is -2.29. The van der Waals surface area contributed by atoms with E-state index in [-0.39, 0.29) is 0 Å². The van der Waals surface area contributed by atoms with E-state index < -0.39 is 0 Å². The van der Waals surface area contributed by atoms with Crippen LogP contribution in [0.15, 0.2) is 0 Å². The highest BCUT2D eigenvalue weighted by Crippen LogP contribution is 2.06. The first-order valence-corrected chi connectivity index (χ1v) is 7.48. The van der Waals surface area contributed by atoms with Crippen molar-refractivity contribution in [3.05, 3.63) is 0 Å². The first kappa shape index (κ1) is 16.9. The van der Waals surface area contributed by atoms with Crippen molar-refractivity contribution < 1.29 is 4.74 Å². The molecular formula is C15H33NO. The van der Waals surface area contributed by atoms with Gasteiger partial charge < -0.3 is 10.1 Å². The molecule has 2 nitrogen and oxygen atoms in total. The van der Waals surface area contributed by atoms with Crippen LogP contribution in [-0.4, -0.2) is 25.8 Å². The van der Waals surface area contributed by atoms with E-state index in [9.17, 15) is 0 Å². The van der Waals surface area contributed by atoms with E-state index in [1.54, 1.807) is 0 Å². The van der Waals surface area contributed by atoms with Crippen LogP contribution in [0, 0.1) is 5.92 Å². The summed E-state index contributed by atoms with van der Waals surface area (Å²) in [6.07, 6.45) is 7.76. The lowest BCUT2D eigenvalue weighted by atomic mass is 10.0. The predicted octanol–water partition coefficient (Wildman–Crippen LogP) is 4.00. The summed E-state index contributed by atoms with van der Waals surface area (Å²) in [6.45, 7) is 11.9. The molecule has 0 radical (unpaired) electrons. The minimum absolute atomic E-state index is 0.626. The molecule has 2 heteroatoms. The SMILES string of the molecule is CCCCCCOCCNC(C)CCC(C)C. The van der Waals surface area contributed by atoms with E-state index in [0.717, 1.165) is 25.7 Å². The fourth-order valence-corrected chi connectivity index (χ4v) is 1.80. The zero-order chi connectivity index (χ0) is 12.9. The van der Waals surface area contributed by atoms with E-state index in [0.29, 0.717) is 6.04 Å². The Morgan fingerprint density at radius 3 is 2.35 bits per heavy atom. The second-order valence-corrected chi connectivity index (χ2v) is 5.50. The first-order chi connectivity index (χ1) is 8.16. The molecular weight excluding hydrogens is 210 g/mol. The third kappa shape index (κ3) is 13.9. The van der Waals surface area contributed by atoms with Gasteiger partial charge in [-0.15, -0.1) is 0 Å². The van der Waals surface area contributed by atoms with E-state index in [1.165, 1.54) is 38.5 Å². The summed E-state index contributed by atoms with van der Waals surface area (Å²) in [5.74, 6) is 0.814. The molecule has 1 atom stereocenters. The molecule has 104 valence electrons. The number of unbranched alkanes of at least 4 members (excludes halogenated alkanes) is 3. The van der Waals surface area contributed by atoms with E-state index in [4.69, 9.17) is 4.74 Å². The van der Waals surface area contributed by atoms with Gasteiger partial charge in [0.05, 0.1) is 6.61 Å². The van der Waals surface area contributed by atoms with Gasteiger partial charge in [0.15, 0.2) is 0 Å². The van der Waals surface area contributed by atoms with Crippen LogP contribution < -0.4 is 5.32 Å². The highest BCUT2D eigenvalue weighted by Gasteiger charge is 2.02. The largest absolute Gasteiger partial charge is 0.380 e. The molecule has 0 aromatic carbocycles. The number of ether oxygens (including phenoxy) is 1. The summed E-state index contributed by atoms with van der Waals surface area (Å²) in [5.41, 5.74) is 0. The van der Waals surface area contributed by atoms with E-state index in [2.05, 4.69) is 33.0 Å². The van der Waals surface area contributed by atoms with Crippen LogP contribution in [0.1, 0.15) is 66.2 Å². The molecule has 0 aliphatic heterocycles. The first-order valence-electron chi connectivity index (χ1n) is 7.48. The van der Waals surface area contributed by atoms with Crippen LogP contribution in [0.4, 0.5) is 0 Å². The Bertz CT molecular complexity index is 148. The fraction of sp³-hybridized carbons (Fsp3) is 1.00. The molecule has 1 unspecified atom stereocenters. The summed E-state index contributed by atoms with van der Waals surface area (Å²) in [5, 5.41) is 3.52. The zero-order valence-electron chi connectivity index (χ0n) is 12.4. The van der Waals surface area contributed by atoms with E-state index >= 15 is 0 Å². The van der Waals surface area contributed by atoms with Gasteiger partial charge in [0.1, 0.15) is 0 Å². The highest BCUT2D eigenvalue weighted by molar-refractivity contribution is 4.61. The van der Waals surface area contributed by atoms with Gasteiger partial charge in [0, 0.05) is 19.2 Å². The maximum atomic E-state index is 5.59. The lowest BCUT2D eigenvalue weighted by molar-refractivity contribution is 0.129. The molecule has 0 aromatic rings. The normalized spacial score (nSPS) is 13.2. The Morgan fingerprint density at radius 1 is 0.941 bits per heavy atom. The Labute approximate surface area is 109 Å². The van der Waals surface area contributed by atoms with Crippen molar-refractivity contribution in [2.24, 2.45) is 5.92 Å². The van der Waals surface area contributed by atoms with Gasteiger partial charge in [-0.05, 0) is 32.1 Å². The number of rotatable bonds is 12. The van der Waals surface area contributed by atoms with Gasteiger partial charge in [0.2, 0.25) is 0 Å². The van der Waals surface area contributed by atoms with Crippen molar-refractivity contribution in [2.75, 3.05) is 19.8 Å². The topological polar surface area (TPSA) is 21.3 Å². The van der Waals surface area contributed by atoms with Crippen LogP contribution in [-0.2, 0) is 4.74 Å². The number of nitrogens with one attached hydrogen (secondary N) is 1. The van der Waals surface area contributed by atoms with Crippen molar-refractivity contribution >= 4 is 0 Å². The zero-order valence-corrected chi connectivity index (χ0v) is 12.4. The summed E-state index contributed by atoms with van der Waals surface area (Å²) in [7, 11) is 0. The average Bonchev–Trinajstić information content (AvgIpc) is 2.30. The van der Waals surface area contributed by atoms with Gasteiger partial charge in [-0.25, -0.2) is 0 Å². The molecule has 0 saturated heterocycles. The Kier molecular flexibility index (Phi) is 12.3. The molecule has 0 aromatic heterocycles. The van der Waals surface area contributed by atoms with Crippen LogP contribution >= 0.6 is 0 Å². The Hall–Kier alpha value is -0.0800. The molecule has 17 heavy (non-hydrogen) atoms. The quantitative estimate of drug-likeness (QED) is 0.523. The molecule has 0 rings (SSSR count). The molecule has 0 aliphatic carbocycles. The standard InChI is InChI=1S/C15H33NO/c1-5-6-7-8-12-17-13-11-16-15(4)10-9-14(2)3/h14-16H,5-13H2,1-4H3. The molecule has 0 aliphatic rings. The van der Waals surface area contributed by atoms with Crippen molar-refractivity contribution in [2.45, 2.75) is 72.3 Å². The second-order valence-electron chi connectivity index (χ2n) is 5.50. The maximum absolute atomic E-state index is 5.59. The molecule has 0 saturated carbocycles. The van der Waals surface area contributed by atoms with Gasteiger partial charge in [-0.3, -0.25) is 0 Å². The molecule has 1 N–H and O–H groups in total. The third-order valence-electron chi connectivity index (χ3n) is 3.06. The summed E-state index contributed by atoms with van der Waals surface area (Å²) < 4.78 is 5.59. The van der Waals surface area contributed by atoms with Crippen molar-refractivity contribution in [3.63, 3.8) is 0 Å². The van der Waals surface area contributed by atoms with Gasteiger partial charge in [-0.2, -0.15) is 0 Å². The third-order valence-corrected chi connectivity index (χ3v) is 3.06. The van der Waals surface area contributed by atoms with Gasteiger partial charge in [-0.1, -0.05) is 40.0 Å². The predicted molar refractivity (Wildman–Crippen MR) is 76.5 cm³/mol. The molecule has 0 heterocycles.